The molecule has 2 atom stereocenters. The van der Waals surface area contributed by atoms with Crippen molar-refractivity contribution < 1.29 is 33.0 Å². The molecule has 220 valence electrons. The van der Waals surface area contributed by atoms with Crippen molar-refractivity contribution in [2.45, 2.75) is 70.7 Å². The molecule has 0 aliphatic heterocycles. The van der Waals surface area contributed by atoms with Gasteiger partial charge in [-0.15, -0.1) is 0 Å². The first-order chi connectivity index (χ1) is 18.7. The van der Waals surface area contributed by atoms with Crippen LogP contribution in [0.1, 0.15) is 48.0 Å². The first kappa shape index (κ1) is 33.0. The Morgan fingerprint density at radius 2 is 1.25 bits per heavy atom. The largest absolute Gasteiger partial charge is 0.468 e. The topological polar surface area (TPSA) is 112 Å². The Morgan fingerprint density at radius 1 is 0.775 bits per heavy atom. The van der Waals surface area contributed by atoms with Crippen molar-refractivity contribution in [3.63, 3.8) is 0 Å². The fourth-order valence-corrected chi connectivity index (χ4v) is 9.14. The molecule has 0 fully saturated rings. The summed E-state index contributed by atoms with van der Waals surface area (Å²) in [6.07, 6.45) is -0.582. The molecule has 0 radical (unpaired) electrons. The number of esters is 2. The van der Waals surface area contributed by atoms with Crippen LogP contribution in [0, 0.1) is 0 Å². The molecule has 10 heteroatoms. The molecule has 2 unspecified atom stereocenters. The molecule has 0 aromatic heterocycles. The van der Waals surface area contributed by atoms with Crippen molar-refractivity contribution in [1.82, 2.24) is 10.6 Å². The van der Waals surface area contributed by atoms with Gasteiger partial charge in [-0.1, -0.05) is 81.4 Å². The minimum atomic E-state index is -2.90. The van der Waals surface area contributed by atoms with Gasteiger partial charge in [-0.05, 0) is 49.1 Å². The maximum absolute atomic E-state index is 12.8. The lowest BCUT2D eigenvalue weighted by Gasteiger charge is -2.43. The second-order valence-corrected chi connectivity index (χ2v) is 15.8. The number of hydrogen-bond donors (Lipinski definition) is 2. The Morgan fingerprint density at radius 3 is 1.68 bits per heavy atom. The lowest BCUT2D eigenvalue weighted by molar-refractivity contribution is -0.144. The third-order valence-corrected chi connectivity index (χ3v) is 11.4. The minimum absolute atomic E-state index is 0.0440. The van der Waals surface area contributed by atoms with Crippen molar-refractivity contribution >= 4 is 36.7 Å². The molecule has 0 aliphatic rings. The molecule has 0 aliphatic carbocycles. The van der Waals surface area contributed by atoms with E-state index in [0.717, 1.165) is 10.4 Å². The summed E-state index contributed by atoms with van der Waals surface area (Å²) in [7, 11) is -0.330. The van der Waals surface area contributed by atoms with Gasteiger partial charge >= 0.3 is 18.0 Å². The second kappa shape index (κ2) is 14.4. The van der Waals surface area contributed by atoms with E-state index in [-0.39, 0.29) is 24.6 Å². The van der Waals surface area contributed by atoms with Crippen LogP contribution in [0.5, 0.6) is 0 Å². The molecule has 0 heterocycles. The van der Waals surface area contributed by atoms with Crippen LogP contribution in [0.15, 0.2) is 60.7 Å². The van der Waals surface area contributed by atoms with Crippen LogP contribution in [0.3, 0.4) is 0 Å². The smallest absolute Gasteiger partial charge is 0.408 e. The standard InChI is InChI=1S/C30H44N2O7Si/c1-29(2,3)39-28(35)32-24(26(33)36-7)19-20-31-25(27(34)37-8)21-38-40(30(4,5)6,22-15-11-9-12-16-22)23-17-13-10-14-18-23/h9-18,24-25,31H,19-21H2,1-8H3,(H,32,35). The Balaban J connectivity index is 2.27. The SMILES string of the molecule is COC(=O)C(CO[Si](c1ccccc1)(c1ccccc1)C(C)(C)C)NCCC(NC(=O)OC(C)(C)C)C(=O)OC. The molecule has 0 saturated carbocycles. The van der Waals surface area contributed by atoms with Crippen molar-refractivity contribution in [3.05, 3.63) is 60.7 Å². The average Bonchev–Trinajstić information content (AvgIpc) is 2.90. The van der Waals surface area contributed by atoms with E-state index in [9.17, 15) is 14.4 Å². The number of alkyl carbamates (subject to hydrolysis) is 1. The monoisotopic (exact) mass is 572 g/mol. The van der Waals surface area contributed by atoms with Crippen LogP contribution in [0.4, 0.5) is 4.79 Å². The highest BCUT2D eigenvalue weighted by Gasteiger charge is 2.50. The maximum atomic E-state index is 12.8. The van der Waals surface area contributed by atoms with Gasteiger partial charge in [-0.3, -0.25) is 4.79 Å². The van der Waals surface area contributed by atoms with E-state index in [0.29, 0.717) is 0 Å². The molecule has 2 aromatic rings. The first-order valence-electron chi connectivity index (χ1n) is 13.4. The van der Waals surface area contributed by atoms with E-state index < -0.39 is 44.0 Å². The van der Waals surface area contributed by atoms with Crippen molar-refractivity contribution in [3.8, 4) is 0 Å². The molecule has 0 saturated heterocycles. The second-order valence-electron chi connectivity index (χ2n) is 11.5. The fraction of sp³-hybridized carbons (Fsp3) is 0.500. The van der Waals surface area contributed by atoms with Crippen molar-refractivity contribution in [2.24, 2.45) is 0 Å². The molecular weight excluding hydrogens is 528 g/mol. The lowest BCUT2D eigenvalue weighted by atomic mass is 10.2. The molecule has 40 heavy (non-hydrogen) atoms. The maximum Gasteiger partial charge on any atom is 0.408 e. The molecule has 9 nitrogen and oxygen atoms in total. The zero-order valence-electron chi connectivity index (χ0n) is 24.9. The normalized spacial score (nSPS) is 13.6. The van der Waals surface area contributed by atoms with Crippen LogP contribution in [-0.4, -0.2) is 71.4 Å². The molecule has 1 amide bonds. The Kier molecular flexibility index (Phi) is 11.9. The fourth-order valence-electron chi connectivity index (χ4n) is 4.57. The summed E-state index contributed by atoms with van der Waals surface area (Å²) in [6, 6.07) is 18.5. The van der Waals surface area contributed by atoms with E-state index in [1.54, 1.807) is 20.8 Å². The number of benzene rings is 2. The molecular formula is C30H44N2O7Si. The number of amides is 1. The highest BCUT2D eigenvalue weighted by molar-refractivity contribution is 6.99. The summed E-state index contributed by atoms with van der Waals surface area (Å²) in [5, 5.41) is 7.60. The van der Waals surface area contributed by atoms with Gasteiger partial charge in [-0.2, -0.15) is 0 Å². The summed E-state index contributed by atoms with van der Waals surface area (Å²) in [5.74, 6) is -1.11. The predicted molar refractivity (Wildman–Crippen MR) is 157 cm³/mol. The first-order valence-corrected chi connectivity index (χ1v) is 15.3. The quantitative estimate of drug-likeness (QED) is 0.227. The van der Waals surface area contributed by atoms with Crippen LogP contribution in [0.2, 0.25) is 5.04 Å². The molecule has 2 N–H and O–H groups in total. The number of nitrogens with one attached hydrogen (secondary N) is 2. The van der Waals surface area contributed by atoms with Gasteiger partial charge < -0.3 is 29.3 Å². The highest BCUT2D eigenvalue weighted by Crippen LogP contribution is 2.36. The molecule has 2 aromatic carbocycles. The summed E-state index contributed by atoms with van der Waals surface area (Å²) in [6.45, 7) is 11.9. The zero-order chi connectivity index (χ0) is 30.0. The van der Waals surface area contributed by atoms with E-state index in [4.69, 9.17) is 18.6 Å². The zero-order valence-corrected chi connectivity index (χ0v) is 25.9. The van der Waals surface area contributed by atoms with Crippen LogP contribution < -0.4 is 21.0 Å². The summed E-state index contributed by atoms with van der Waals surface area (Å²) in [5.41, 5.74) is -0.725. The van der Waals surface area contributed by atoms with Crippen LogP contribution >= 0.6 is 0 Å². The van der Waals surface area contributed by atoms with Gasteiger partial charge in [0, 0.05) is 0 Å². The minimum Gasteiger partial charge on any atom is -0.468 e. The van der Waals surface area contributed by atoms with Crippen LogP contribution in [-0.2, 0) is 28.2 Å². The predicted octanol–water partition coefficient (Wildman–Crippen LogP) is 3.15. The highest BCUT2D eigenvalue weighted by atomic mass is 28.4. The third kappa shape index (κ3) is 8.90. The number of hydrogen-bond acceptors (Lipinski definition) is 8. The molecule has 2 rings (SSSR count). The van der Waals surface area contributed by atoms with Gasteiger partial charge in [-0.25, -0.2) is 9.59 Å². The van der Waals surface area contributed by atoms with Gasteiger partial charge in [0.25, 0.3) is 8.32 Å². The van der Waals surface area contributed by atoms with Crippen molar-refractivity contribution in [2.75, 3.05) is 27.4 Å². The third-order valence-electron chi connectivity index (χ3n) is 6.37. The Labute approximate surface area is 239 Å². The molecule has 0 bridgehead atoms. The Hall–Kier alpha value is -3.21. The van der Waals surface area contributed by atoms with Gasteiger partial charge in [0.1, 0.15) is 17.7 Å². The summed E-state index contributed by atoms with van der Waals surface area (Å²) in [4.78, 5) is 37.4. The molecule has 0 spiro atoms. The van der Waals surface area contributed by atoms with Crippen molar-refractivity contribution in [1.29, 1.82) is 0 Å². The lowest BCUT2D eigenvalue weighted by Crippen LogP contribution is -2.67. The number of methoxy groups -OCH3 is 2. The Bertz CT molecular complexity index is 1060. The van der Waals surface area contributed by atoms with Crippen LogP contribution in [0.25, 0.3) is 0 Å². The van der Waals surface area contributed by atoms with E-state index in [1.165, 1.54) is 14.2 Å². The average molecular weight is 573 g/mol. The summed E-state index contributed by atoms with van der Waals surface area (Å²) >= 11 is 0. The van der Waals surface area contributed by atoms with E-state index in [2.05, 4.69) is 55.7 Å². The number of rotatable bonds is 12. The summed E-state index contributed by atoms with van der Waals surface area (Å²) < 4.78 is 22.1. The van der Waals surface area contributed by atoms with Gasteiger partial charge in [0.2, 0.25) is 0 Å². The number of carbonyl (C=O) groups excluding carboxylic acids is 3. The van der Waals surface area contributed by atoms with Gasteiger partial charge in [0.15, 0.2) is 0 Å². The van der Waals surface area contributed by atoms with Gasteiger partial charge in [0.05, 0.1) is 20.8 Å². The number of ether oxygens (including phenoxy) is 3. The number of carbonyl (C=O) groups is 3. The van der Waals surface area contributed by atoms with E-state index >= 15 is 0 Å². The van der Waals surface area contributed by atoms with E-state index in [1.807, 2.05) is 36.4 Å².